The van der Waals surface area contributed by atoms with Crippen LogP contribution in [0.15, 0.2) is 0 Å². The van der Waals surface area contributed by atoms with Gasteiger partial charge in [0, 0.05) is 12.6 Å². The van der Waals surface area contributed by atoms with Gasteiger partial charge in [0.15, 0.2) is 0 Å². The van der Waals surface area contributed by atoms with Crippen molar-refractivity contribution in [3.05, 3.63) is 0 Å². The van der Waals surface area contributed by atoms with Crippen LogP contribution in [0.25, 0.3) is 0 Å². The largest absolute Gasteiger partial charge is 0.342 e. The highest BCUT2D eigenvalue weighted by atomic mass is 16.2. The molecule has 2 saturated heterocycles. The zero-order chi connectivity index (χ0) is 7.68. The Hall–Kier alpha value is -0.650. The number of amides is 1. The highest BCUT2D eigenvalue weighted by Gasteiger charge is 2.32. The minimum Gasteiger partial charge on any atom is -0.342 e. The van der Waals surface area contributed by atoms with Crippen molar-refractivity contribution in [3.8, 4) is 0 Å². The first-order valence-corrected chi connectivity index (χ1v) is 3.87. The number of nitrogens with one attached hydrogen (secondary N) is 4. The molecular formula is C6H12N4O. The Morgan fingerprint density at radius 3 is 3.18 bits per heavy atom. The number of carbonyl (C=O) groups excluding carboxylic acids is 1. The molecule has 2 aliphatic heterocycles. The molecule has 0 aromatic carbocycles. The maximum Gasteiger partial charge on any atom is 0.241 e. The predicted molar refractivity (Wildman–Crippen MR) is 39.5 cm³/mol. The van der Waals surface area contributed by atoms with Crippen LogP contribution < -0.4 is 21.5 Å². The van der Waals surface area contributed by atoms with Gasteiger partial charge in [0.2, 0.25) is 5.91 Å². The van der Waals surface area contributed by atoms with Crippen LogP contribution in [0.2, 0.25) is 0 Å². The summed E-state index contributed by atoms with van der Waals surface area (Å²) >= 11 is 0. The van der Waals surface area contributed by atoms with E-state index in [0.29, 0.717) is 12.7 Å². The van der Waals surface area contributed by atoms with Crippen molar-refractivity contribution in [2.75, 3.05) is 13.2 Å². The van der Waals surface area contributed by atoms with Gasteiger partial charge in [-0.1, -0.05) is 0 Å². The molecule has 11 heavy (non-hydrogen) atoms. The first-order valence-electron chi connectivity index (χ1n) is 3.87. The van der Waals surface area contributed by atoms with Gasteiger partial charge < -0.3 is 5.32 Å². The van der Waals surface area contributed by atoms with Crippen molar-refractivity contribution in [1.29, 1.82) is 0 Å². The Morgan fingerprint density at radius 2 is 2.36 bits per heavy atom. The molecule has 0 aromatic rings. The van der Waals surface area contributed by atoms with Crippen LogP contribution in [-0.4, -0.2) is 31.2 Å². The van der Waals surface area contributed by atoms with Crippen LogP contribution in [0.1, 0.15) is 6.42 Å². The fourth-order valence-corrected chi connectivity index (χ4v) is 1.52. The van der Waals surface area contributed by atoms with Gasteiger partial charge in [0.05, 0.1) is 6.67 Å². The summed E-state index contributed by atoms with van der Waals surface area (Å²) in [5.41, 5.74) is 5.91. The van der Waals surface area contributed by atoms with Crippen LogP contribution in [0, 0.1) is 0 Å². The first-order chi connectivity index (χ1) is 5.38. The topological polar surface area (TPSA) is 65.2 Å². The van der Waals surface area contributed by atoms with Crippen molar-refractivity contribution >= 4 is 5.91 Å². The molecule has 2 aliphatic rings. The third-order valence-electron chi connectivity index (χ3n) is 2.15. The van der Waals surface area contributed by atoms with Crippen molar-refractivity contribution in [3.63, 3.8) is 0 Å². The zero-order valence-electron chi connectivity index (χ0n) is 6.18. The van der Waals surface area contributed by atoms with Gasteiger partial charge in [-0.05, 0) is 6.42 Å². The second-order valence-electron chi connectivity index (χ2n) is 2.87. The highest BCUT2D eigenvalue weighted by molar-refractivity contribution is 5.83. The van der Waals surface area contributed by atoms with E-state index >= 15 is 0 Å². The van der Waals surface area contributed by atoms with E-state index in [4.69, 9.17) is 0 Å². The maximum atomic E-state index is 11.2. The van der Waals surface area contributed by atoms with Gasteiger partial charge in [0.1, 0.15) is 6.04 Å². The number of carbonyl (C=O) groups is 1. The van der Waals surface area contributed by atoms with Gasteiger partial charge >= 0.3 is 0 Å². The molecule has 0 spiro atoms. The Bertz CT molecular complexity index is 170. The SMILES string of the molecule is O=C1NCNC2CCNNC12. The molecule has 2 heterocycles. The summed E-state index contributed by atoms with van der Waals surface area (Å²) in [5.74, 6) is 0.0842. The fourth-order valence-electron chi connectivity index (χ4n) is 1.52. The molecule has 2 atom stereocenters. The molecule has 0 aliphatic carbocycles. The highest BCUT2D eigenvalue weighted by Crippen LogP contribution is 2.04. The molecule has 0 saturated carbocycles. The normalized spacial score (nSPS) is 37.6. The monoisotopic (exact) mass is 156 g/mol. The maximum absolute atomic E-state index is 11.2. The van der Waals surface area contributed by atoms with Crippen LogP contribution >= 0.6 is 0 Å². The Balaban J connectivity index is 2.05. The van der Waals surface area contributed by atoms with E-state index in [-0.39, 0.29) is 11.9 Å². The molecular weight excluding hydrogens is 144 g/mol. The summed E-state index contributed by atoms with van der Waals surface area (Å²) in [5, 5.41) is 5.95. The Labute approximate surface area is 64.9 Å². The smallest absolute Gasteiger partial charge is 0.241 e. The number of hydrogen-bond donors (Lipinski definition) is 4. The summed E-state index contributed by atoms with van der Waals surface area (Å²) in [4.78, 5) is 11.2. The second kappa shape index (κ2) is 2.77. The minimum atomic E-state index is -0.0995. The van der Waals surface area contributed by atoms with Gasteiger partial charge in [-0.15, -0.1) is 0 Å². The zero-order valence-corrected chi connectivity index (χ0v) is 6.18. The number of hydrogen-bond acceptors (Lipinski definition) is 4. The van der Waals surface area contributed by atoms with E-state index in [2.05, 4.69) is 21.5 Å². The molecule has 0 bridgehead atoms. The summed E-state index contributed by atoms with van der Waals surface area (Å²) in [6, 6.07) is 0.197. The van der Waals surface area contributed by atoms with Crippen molar-refractivity contribution in [2.24, 2.45) is 0 Å². The fraction of sp³-hybridized carbons (Fsp3) is 0.833. The van der Waals surface area contributed by atoms with Gasteiger partial charge in [-0.3, -0.25) is 15.5 Å². The van der Waals surface area contributed by atoms with Crippen LogP contribution in [0.3, 0.4) is 0 Å². The minimum absolute atomic E-state index is 0.0842. The lowest BCUT2D eigenvalue weighted by Crippen LogP contribution is -2.69. The molecule has 5 heteroatoms. The average Bonchev–Trinajstić information content (AvgIpc) is 2.06. The molecule has 2 unspecified atom stereocenters. The standard InChI is InChI=1S/C6H12N4O/c11-6-5-4(7-3-8-6)1-2-9-10-5/h4-5,7,9-10H,1-3H2,(H,8,11). The van der Waals surface area contributed by atoms with Gasteiger partial charge in [-0.2, -0.15) is 0 Å². The third kappa shape index (κ3) is 1.22. The van der Waals surface area contributed by atoms with E-state index in [1.54, 1.807) is 0 Å². The van der Waals surface area contributed by atoms with Crippen LogP contribution in [0.5, 0.6) is 0 Å². The van der Waals surface area contributed by atoms with E-state index in [9.17, 15) is 4.79 Å². The predicted octanol–water partition coefficient (Wildman–Crippen LogP) is -2.10. The van der Waals surface area contributed by atoms with E-state index in [1.807, 2.05) is 0 Å². The first kappa shape index (κ1) is 7.02. The Morgan fingerprint density at radius 1 is 1.45 bits per heavy atom. The van der Waals surface area contributed by atoms with Gasteiger partial charge in [0.25, 0.3) is 0 Å². The van der Waals surface area contributed by atoms with Crippen LogP contribution in [0.4, 0.5) is 0 Å². The average molecular weight is 156 g/mol. The van der Waals surface area contributed by atoms with Crippen molar-refractivity contribution < 1.29 is 4.79 Å². The lowest BCUT2D eigenvalue weighted by molar-refractivity contribution is -0.126. The van der Waals surface area contributed by atoms with Crippen molar-refractivity contribution in [1.82, 2.24) is 21.5 Å². The molecule has 4 N–H and O–H groups in total. The van der Waals surface area contributed by atoms with Crippen LogP contribution in [-0.2, 0) is 4.79 Å². The lowest BCUT2D eigenvalue weighted by Gasteiger charge is -2.36. The molecule has 5 nitrogen and oxygen atoms in total. The van der Waals surface area contributed by atoms with Gasteiger partial charge in [-0.25, -0.2) is 5.43 Å². The van der Waals surface area contributed by atoms with Crippen molar-refractivity contribution in [2.45, 2.75) is 18.5 Å². The molecule has 0 aromatic heterocycles. The van der Waals surface area contributed by atoms with E-state index in [1.165, 1.54) is 0 Å². The number of hydrazine groups is 1. The molecule has 62 valence electrons. The summed E-state index contributed by atoms with van der Waals surface area (Å²) in [6.45, 7) is 1.52. The van der Waals surface area contributed by atoms with E-state index in [0.717, 1.165) is 13.0 Å². The third-order valence-corrected chi connectivity index (χ3v) is 2.15. The Kier molecular flexibility index (Phi) is 1.77. The van der Waals surface area contributed by atoms with E-state index < -0.39 is 0 Å². The number of rotatable bonds is 0. The second-order valence-corrected chi connectivity index (χ2v) is 2.87. The molecule has 2 fully saturated rings. The summed E-state index contributed by atoms with van der Waals surface area (Å²) in [7, 11) is 0. The quantitative estimate of drug-likeness (QED) is 0.324. The molecule has 0 radical (unpaired) electrons. The lowest BCUT2D eigenvalue weighted by atomic mass is 10.0. The molecule has 1 amide bonds. The summed E-state index contributed by atoms with van der Waals surface area (Å²) in [6.07, 6.45) is 1.01. The summed E-state index contributed by atoms with van der Waals surface area (Å²) < 4.78 is 0. The molecule has 2 rings (SSSR count). The number of fused-ring (bicyclic) bond motifs is 1.